The number of halogens is 1. The zero-order valence-electron chi connectivity index (χ0n) is 15.6. The molecule has 0 saturated carbocycles. The quantitative estimate of drug-likeness (QED) is 0.883. The van der Waals surface area contributed by atoms with Crippen molar-refractivity contribution in [2.75, 3.05) is 19.6 Å². The van der Waals surface area contributed by atoms with Crippen molar-refractivity contribution in [1.29, 1.82) is 0 Å². The Bertz CT molecular complexity index is 608. The van der Waals surface area contributed by atoms with Gasteiger partial charge in [-0.05, 0) is 26.3 Å². The van der Waals surface area contributed by atoms with Crippen LogP contribution in [0.25, 0.3) is 0 Å². The summed E-state index contributed by atoms with van der Waals surface area (Å²) in [5, 5.41) is 2.47. The van der Waals surface area contributed by atoms with Gasteiger partial charge < -0.3 is 19.7 Å². The molecule has 0 bridgehead atoms. The molecule has 1 saturated heterocycles. The minimum absolute atomic E-state index is 0.136. The summed E-state index contributed by atoms with van der Waals surface area (Å²) in [4.78, 5) is 25.2. The Labute approximate surface area is 153 Å². The van der Waals surface area contributed by atoms with E-state index in [-0.39, 0.29) is 39.1 Å². The average Bonchev–Trinajstić information content (AvgIpc) is 2.58. The van der Waals surface area contributed by atoms with Crippen molar-refractivity contribution in [3.63, 3.8) is 0 Å². The molecular formula is C19H27FN2O4. The van der Waals surface area contributed by atoms with E-state index in [4.69, 9.17) is 9.47 Å². The molecule has 2 rings (SSSR count). The average molecular weight is 366 g/mol. The van der Waals surface area contributed by atoms with Crippen LogP contribution in [0.2, 0.25) is 0 Å². The SMILES string of the molecule is CC(C)(C)OC(=O)N1CCC(F)(CNC(=O)OCc2ccccc2)CC1. The number of piperidine rings is 1. The van der Waals surface area contributed by atoms with Crippen molar-refractivity contribution >= 4 is 12.2 Å². The highest BCUT2D eigenvalue weighted by Gasteiger charge is 2.37. The van der Waals surface area contributed by atoms with E-state index in [2.05, 4.69) is 5.32 Å². The molecule has 0 unspecified atom stereocenters. The summed E-state index contributed by atoms with van der Waals surface area (Å²) in [7, 11) is 0. The number of ether oxygens (including phenoxy) is 2. The lowest BCUT2D eigenvalue weighted by Gasteiger charge is -2.36. The van der Waals surface area contributed by atoms with Crippen LogP contribution < -0.4 is 5.32 Å². The third-order valence-corrected chi connectivity index (χ3v) is 4.07. The second-order valence-electron chi connectivity index (χ2n) is 7.53. The highest BCUT2D eigenvalue weighted by molar-refractivity contribution is 5.68. The standard InChI is InChI=1S/C19H27FN2O4/c1-18(2,3)26-17(24)22-11-9-19(20,10-12-22)14-21-16(23)25-13-15-7-5-4-6-8-15/h4-8H,9-14H2,1-3H3,(H,21,23). The Hall–Kier alpha value is -2.31. The Morgan fingerprint density at radius 2 is 1.81 bits per heavy atom. The number of rotatable bonds is 4. The minimum Gasteiger partial charge on any atom is -0.445 e. The van der Waals surface area contributed by atoms with Crippen LogP contribution in [-0.4, -0.2) is 48.0 Å². The van der Waals surface area contributed by atoms with Gasteiger partial charge in [0.2, 0.25) is 0 Å². The van der Waals surface area contributed by atoms with Gasteiger partial charge in [-0.25, -0.2) is 14.0 Å². The molecule has 0 aromatic heterocycles. The molecule has 7 heteroatoms. The lowest BCUT2D eigenvalue weighted by atomic mass is 9.93. The zero-order chi connectivity index (χ0) is 19.2. The summed E-state index contributed by atoms with van der Waals surface area (Å²) < 4.78 is 25.2. The van der Waals surface area contributed by atoms with Crippen LogP contribution in [0.1, 0.15) is 39.2 Å². The fourth-order valence-corrected chi connectivity index (χ4v) is 2.60. The van der Waals surface area contributed by atoms with Crippen molar-refractivity contribution in [3.8, 4) is 0 Å². The first-order valence-electron chi connectivity index (χ1n) is 8.78. The van der Waals surface area contributed by atoms with Gasteiger partial charge in [0, 0.05) is 25.9 Å². The number of alkyl halides is 1. The summed E-state index contributed by atoms with van der Waals surface area (Å²) in [5.41, 5.74) is -1.27. The lowest BCUT2D eigenvalue weighted by molar-refractivity contribution is 0.00315. The molecule has 0 atom stereocenters. The van der Waals surface area contributed by atoms with Gasteiger partial charge >= 0.3 is 12.2 Å². The molecule has 2 amide bonds. The van der Waals surface area contributed by atoms with Gasteiger partial charge in [-0.15, -0.1) is 0 Å². The van der Waals surface area contributed by atoms with E-state index in [1.807, 2.05) is 30.3 Å². The van der Waals surface area contributed by atoms with Gasteiger partial charge in [-0.3, -0.25) is 0 Å². The predicted octanol–water partition coefficient (Wildman–Crippen LogP) is 3.65. The van der Waals surface area contributed by atoms with Crippen LogP contribution in [0.5, 0.6) is 0 Å². The van der Waals surface area contributed by atoms with E-state index < -0.39 is 23.5 Å². The molecule has 6 nitrogen and oxygen atoms in total. The van der Waals surface area contributed by atoms with Crippen molar-refractivity contribution in [2.45, 2.75) is 51.5 Å². The smallest absolute Gasteiger partial charge is 0.410 e. The zero-order valence-corrected chi connectivity index (χ0v) is 15.6. The fraction of sp³-hybridized carbons (Fsp3) is 0.579. The van der Waals surface area contributed by atoms with E-state index in [0.29, 0.717) is 0 Å². The van der Waals surface area contributed by atoms with Gasteiger partial charge in [-0.2, -0.15) is 0 Å². The maximum atomic E-state index is 14.8. The summed E-state index contributed by atoms with van der Waals surface area (Å²) in [6, 6.07) is 9.27. The first-order chi connectivity index (χ1) is 12.2. The maximum Gasteiger partial charge on any atom is 0.410 e. The van der Waals surface area contributed by atoms with Crippen molar-refractivity contribution in [1.82, 2.24) is 10.2 Å². The Morgan fingerprint density at radius 3 is 2.38 bits per heavy atom. The van der Waals surface area contributed by atoms with Crippen LogP contribution in [-0.2, 0) is 16.1 Å². The van der Waals surface area contributed by atoms with Crippen LogP contribution in [0, 0.1) is 0 Å². The molecular weight excluding hydrogens is 339 g/mol. The highest BCUT2D eigenvalue weighted by atomic mass is 19.1. The normalized spacial score (nSPS) is 16.7. The molecule has 144 valence electrons. The van der Waals surface area contributed by atoms with E-state index >= 15 is 0 Å². The summed E-state index contributed by atoms with van der Waals surface area (Å²) in [6.07, 6.45) is -0.800. The summed E-state index contributed by atoms with van der Waals surface area (Å²) in [6.45, 7) is 5.89. The second-order valence-corrected chi connectivity index (χ2v) is 7.53. The van der Waals surface area contributed by atoms with Gasteiger partial charge in [-0.1, -0.05) is 30.3 Å². The molecule has 1 aromatic carbocycles. The number of likely N-dealkylation sites (tertiary alicyclic amines) is 1. The molecule has 0 radical (unpaired) electrons. The van der Waals surface area contributed by atoms with Gasteiger partial charge in [0.15, 0.2) is 0 Å². The number of hydrogen-bond acceptors (Lipinski definition) is 4. The monoisotopic (exact) mass is 366 g/mol. The molecule has 0 aliphatic carbocycles. The van der Waals surface area contributed by atoms with Crippen LogP contribution >= 0.6 is 0 Å². The Kier molecular flexibility index (Phi) is 6.45. The molecule has 1 aliphatic rings. The predicted molar refractivity (Wildman–Crippen MR) is 95.5 cm³/mol. The molecule has 1 fully saturated rings. The van der Waals surface area contributed by atoms with Gasteiger partial charge in [0.05, 0.1) is 6.54 Å². The van der Waals surface area contributed by atoms with Crippen LogP contribution in [0.4, 0.5) is 14.0 Å². The Morgan fingerprint density at radius 1 is 1.19 bits per heavy atom. The number of carbonyl (C=O) groups excluding carboxylic acids is 2. The number of alkyl carbamates (subject to hydrolysis) is 1. The van der Waals surface area contributed by atoms with Gasteiger partial charge in [0.25, 0.3) is 0 Å². The topological polar surface area (TPSA) is 67.9 Å². The first kappa shape index (κ1) is 20.0. The van der Waals surface area contributed by atoms with E-state index in [1.54, 1.807) is 20.8 Å². The third kappa shape index (κ3) is 6.54. The number of carbonyl (C=O) groups is 2. The van der Waals surface area contributed by atoms with Gasteiger partial charge in [0.1, 0.15) is 17.9 Å². The minimum atomic E-state index is -1.55. The van der Waals surface area contributed by atoms with Crippen molar-refractivity contribution in [2.24, 2.45) is 0 Å². The van der Waals surface area contributed by atoms with E-state index in [0.717, 1.165) is 5.56 Å². The lowest BCUT2D eigenvalue weighted by Crippen LogP contribution is -2.50. The van der Waals surface area contributed by atoms with Crippen LogP contribution in [0.15, 0.2) is 30.3 Å². The summed E-state index contributed by atoms with van der Waals surface area (Å²) >= 11 is 0. The van der Waals surface area contributed by atoms with Crippen LogP contribution in [0.3, 0.4) is 0 Å². The molecule has 26 heavy (non-hydrogen) atoms. The number of nitrogens with zero attached hydrogens (tertiary/aromatic N) is 1. The number of hydrogen-bond donors (Lipinski definition) is 1. The molecule has 1 aliphatic heterocycles. The fourth-order valence-electron chi connectivity index (χ4n) is 2.60. The largest absolute Gasteiger partial charge is 0.445 e. The third-order valence-electron chi connectivity index (χ3n) is 4.07. The number of nitrogens with one attached hydrogen (secondary N) is 1. The number of benzene rings is 1. The molecule has 0 spiro atoms. The second kappa shape index (κ2) is 8.38. The van der Waals surface area contributed by atoms with E-state index in [9.17, 15) is 14.0 Å². The van der Waals surface area contributed by atoms with Crippen molar-refractivity contribution < 1.29 is 23.5 Å². The summed E-state index contributed by atoms with van der Waals surface area (Å²) in [5.74, 6) is 0. The molecule has 1 heterocycles. The number of amides is 2. The molecule has 1 aromatic rings. The van der Waals surface area contributed by atoms with Crippen molar-refractivity contribution in [3.05, 3.63) is 35.9 Å². The Balaban J connectivity index is 1.71. The first-order valence-corrected chi connectivity index (χ1v) is 8.78. The highest BCUT2D eigenvalue weighted by Crippen LogP contribution is 2.27. The molecule has 1 N–H and O–H groups in total. The van der Waals surface area contributed by atoms with E-state index in [1.165, 1.54) is 4.90 Å². The maximum absolute atomic E-state index is 14.8.